The summed E-state index contributed by atoms with van der Waals surface area (Å²) in [6.07, 6.45) is 3.11. The third-order valence-corrected chi connectivity index (χ3v) is 5.72. The molecule has 11 nitrogen and oxygen atoms in total. The molecule has 4 rings (SSSR count). The number of amidine groups is 1. The Labute approximate surface area is 222 Å². The number of benzene rings is 2. The van der Waals surface area contributed by atoms with Crippen molar-refractivity contribution in [3.05, 3.63) is 93.7 Å². The van der Waals surface area contributed by atoms with Gasteiger partial charge in [0.25, 0.3) is 5.95 Å². The van der Waals surface area contributed by atoms with E-state index in [0.29, 0.717) is 5.56 Å². The van der Waals surface area contributed by atoms with Crippen LogP contribution in [0.15, 0.2) is 59.7 Å². The second-order valence-corrected chi connectivity index (χ2v) is 8.35. The summed E-state index contributed by atoms with van der Waals surface area (Å²) < 4.78 is 45.9. The molecule has 204 valence electrons. The Balaban J connectivity index is 1.83. The minimum atomic E-state index is -0.843. The van der Waals surface area contributed by atoms with Crippen LogP contribution in [-0.2, 0) is 11.2 Å². The Morgan fingerprint density at radius 2 is 1.87 bits per heavy atom. The number of H-pyrrole nitrogens is 1. The Morgan fingerprint density at radius 1 is 1.13 bits per heavy atom. The second-order valence-electron chi connectivity index (χ2n) is 8.35. The lowest BCUT2D eigenvalue weighted by molar-refractivity contribution is 0.143. The smallest absolute Gasteiger partial charge is 0.350 e. The highest BCUT2D eigenvalue weighted by Crippen LogP contribution is 2.36. The summed E-state index contributed by atoms with van der Waals surface area (Å²) in [5, 5.41) is 12.0. The van der Waals surface area contributed by atoms with Gasteiger partial charge >= 0.3 is 5.69 Å². The molecule has 0 saturated carbocycles. The molecule has 0 aliphatic carbocycles. The van der Waals surface area contributed by atoms with Crippen molar-refractivity contribution in [2.45, 2.75) is 12.3 Å². The first-order chi connectivity index (χ1) is 18.9. The minimum Gasteiger partial charge on any atom is -0.491 e. The van der Waals surface area contributed by atoms with Crippen molar-refractivity contribution in [2.24, 2.45) is 5.73 Å². The fourth-order valence-electron chi connectivity index (χ4n) is 3.87. The van der Waals surface area contributed by atoms with Crippen molar-refractivity contribution < 1.29 is 23.0 Å². The van der Waals surface area contributed by atoms with Gasteiger partial charge in [-0.15, -0.1) is 9.78 Å². The average Bonchev–Trinajstić information content (AvgIpc) is 3.34. The minimum absolute atomic E-state index is 0.0404. The maximum Gasteiger partial charge on any atom is 0.350 e. The highest BCUT2D eigenvalue weighted by Gasteiger charge is 2.27. The molecule has 0 aliphatic rings. The highest BCUT2D eigenvalue weighted by atomic mass is 19.1. The van der Waals surface area contributed by atoms with E-state index >= 15 is 4.39 Å². The van der Waals surface area contributed by atoms with E-state index in [1.54, 1.807) is 30.3 Å². The molecule has 0 saturated heterocycles. The second kappa shape index (κ2) is 12.7. The van der Waals surface area contributed by atoms with Crippen LogP contribution in [0.25, 0.3) is 5.95 Å². The third-order valence-electron chi connectivity index (χ3n) is 5.72. The molecular formula is C26H27F2N7O4. The molecule has 1 atom stereocenters. The van der Waals surface area contributed by atoms with Gasteiger partial charge in [0, 0.05) is 36.7 Å². The Morgan fingerprint density at radius 3 is 2.54 bits per heavy atom. The summed E-state index contributed by atoms with van der Waals surface area (Å²) in [5.41, 5.74) is 6.32. The molecule has 0 bridgehead atoms. The average molecular weight is 540 g/mol. The van der Waals surface area contributed by atoms with Crippen molar-refractivity contribution in [3.63, 3.8) is 0 Å². The number of alkyl halides is 1. The lowest BCUT2D eigenvalue weighted by Crippen LogP contribution is -2.18. The molecule has 13 heteroatoms. The summed E-state index contributed by atoms with van der Waals surface area (Å²) in [6.45, 7) is -0.706. The fourth-order valence-corrected chi connectivity index (χ4v) is 3.87. The number of ether oxygens (including phenoxy) is 3. The highest BCUT2D eigenvalue weighted by molar-refractivity contribution is 5.94. The van der Waals surface area contributed by atoms with Gasteiger partial charge in [0.2, 0.25) is 0 Å². The predicted molar refractivity (Wildman–Crippen MR) is 138 cm³/mol. The number of rotatable bonds is 13. The first-order valence-corrected chi connectivity index (χ1v) is 11.9. The third kappa shape index (κ3) is 6.62. The first kappa shape index (κ1) is 27.4. The maximum atomic E-state index is 15.9. The number of aromatic amines is 1. The molecule has 4 N–H and O–H groups in total. The van der Waals surface area contributed by atoms with Crippen LogP contribution < -0.4 is 20.9 Å². The molecule has 2 aromatic carbocycles. The van der Waals surface area contributed by atoms with Gasteiger partial charge in [-0.2, -0.15) is 0 Å². The summed E-state index contributed by atoms with van der Waals surface area (Å²) in [7, 11) is 1.49. The lowest BCUT2D eigenvalue weighted by Gasteiger charge is -2.19. The van der Waals surface area contributed by atoms with Gasteiger partial charge < -0.3 is 19.9 Å². The van der Waals surface area contributed by atoms with E-state index in [0.717, 1.165) is 10.2 Å². The molecule has 39 heavy (non-hydrogen) atoms. The van der Waals surface area contributed by atoms with Crippen LogP contribution in [0.4, 0.5) is 8.78 Å². The van der Waals surface area contributed by atoms with Gasteiger partial charge in [0.1, 0.15) is 37.3 Å². The standard InChI is InChI=1S/C26H27F2N7O4/c1-37-11-12-39-21-15-18(38-10-7-27)14-19(22(21)28)20(13-16-3-5-17(6-4-16)23(29)30)24-33-26(36)35(34-24)25-31-8-2-9-32-25/h2-6,8-9,14-15,20H,7,10-13H2,1H3,(H3,29,30)(H,33,34,36). The molecule has 0 fully saturated rings. The molecule has 0 amide bonds. The number of nitrogens with zero attached hydrogens (tertiary/aromatic N) is 4. The molecule has 0 aliphatic heterocycles. The quantitative estimate of drug-likeness (QED) is 0.133. The topological polar surface area (TPSA) is 154 Å². The fraction of sp³-hybridized carbons (Fsp3) is 0.269. The molecule has 1 unspecified atom stereocenters. The number of nitrogen functional groups attached to an aromatic ring is 1. The van der Waals surface area contributed by atoms with Gasteiger partial charge in [0.05, 0.1) is 12.5 Å². The number of nitrogens with two attached hydrogens (primary N) is 1. The Bertz CT molecular complexity index is 1460. The number of nitrogens with one attached hydrogen (secondary N) is 2. The number of methoxy groups -OCH3 is 1. The Hall–Kier alpha value is -4.65. The summed E-state index contributed by atoms with van der Waals surface area (Å²) in [6, 6.07) is 11.2. The van der Waals surface area contributed by atoms with Gasteiger partial charge in [-0.1, -0.05) is 24.3 Å². The van der Waals surface area contributed by atoms with E-state index in [-0.39, 0.29) is 60.9 Å². The van der Waals surface area contributed by atoms with Crippen LogP contribution in [0.3, 0.4) is 0 Å². The maximum absolute atomic E-state index is 15.9. The largest absolute Gasteiger partial charge is 0.491 e. The predicted octanol–water partition coefficient (Wildman–Crippen LogP) is 2.52. The zero-order valence-electron chi connectivity index (χ0n) is 21.1. The van der Waals surface area contributed by atoms with Crippen molar-refractivity contribution >= 4 is 5.84 Å². The number of hydrogen-bond donors (Lipinski definition) is 3. The molecule has 4 aromatic rings. The number of halogens is 2. The van der Waals surface area contributed by atoms with E-state index in [9.17, 15) is 9.18 Å². The molecule has 2 heterocycles. The van der Waals surface area contributed by atoms with Crippen LogP contribution in [-0.4, -0.2) is 64.2 Å². The number of aromatic nitrogens is 5. The van der Waals surface area contributed by atoms with Crippen molar-refractivity contribution in [1.29, 1.82) is 5.41 Å². The Kier molecular flexibility index (Phi) is 8.94. The lowest BCUT2D eigenvalue weighted by atomic mass is 9.90. The van der Waals surface area contributed by atoms with E-state index in [4.69, 9.17) is 25.4 Å². The SMILES string of the molecule is COCCOc1cc(OCCF)cc(C(Cc2ccc(C(=N)N)cc2)c2nn(-c3ncccn3)c(=O)[nH]2)c1F. The van der Waals surface area contributed by atoms with Gasteiger partial charge in [-0.3, -0.25) is 10.4 Å². The van der Waals surface area contributed by atoms with Crippen molar-refractivity contribution in [1.82, 2.24) is 24.7 Å². The molecule has 0 radical (unpaired) electrons. The monoisotopic (exact) mass is 539 g/mol. The van der Waals surface area contributed by atoms with Crippen LogP contribution in [0.1, 0.15) is 28.4 Å². The van der Waals surface area contributed by atoms with Gasteiger partial charge in [-0.05, 0) is 24.1 Å². The normalized spacial score (nSPS) is 11.8. The summed E-state index contributed by atoms with van der Waals surface area (Å²) in [4.78, 5) is 23.6. The molecule has 0 spiro atoms. The van der Waals surface area contributed by atoms with E-state index in [1.165, 1.54) is 31.6 Å². The first-order valence-electron chi connectivity index (χ1n) is 11.9. The molecule has 2 aromatic heterocycles. The van der Waals surface area contributed by atoms with Crippen LogP contribution >= 0.6 is 0 Å². The zero-order valence-corrected chi connectivity index (χ0v) is 21.1. The van der Waals surface area contributed by atoms with Crippen LogP contribution in [0.5, 0.6) is 11.5 Å². The van der Waals surface area contributed by atoms with E-state index in [2.05, 4.69) is 20.1 Å². The van der Waals surface area contributed by atoms with E-state index < -0.39 is 24.1 Å². The summed E-state index contributed by atoms with van der Waals surface area (Å²) >= 11 is 0. The van der Waals surface area contributed by atoms with Gasteiger partial charge in [-0.25, -0.2) is 23.5 Å². The van der Waals surface area contributed by atoms with Crippen LogP contribution in [0, 0.1) is 11.2 Å². The zero-order chi connectivity index (χ0) is 27.8. The van der Waals surface area contributed by atoms with Gasteiger partial charge in [0.15, 0.2) is 11.6 Å². The van der Waals surface area contributed by atoms with Crippen molar-refractivity contribution in [3.8, 4) is 17.4 Å². The van der Waals surface area contributed by atoms with Crippen molar-refractivity contribution in [2.75, 3.05) is 33.6 Å². The number of hydrogen-bond acceptors (Lipinski definition) is 8. The summed E-state index contributed by atoms with van der Waals surface area (Å²) in [5.74, 6) is -1.40. The van der Waals surface area contributed by atoms with E-state index in [1.807, 2.05) is 0 Å². The van der Waals surface area contributed by atoms with Crippen LogP contribution in [0.2, 0.25) is 0 Å². The molecular weight excluding hydrogens is 512 g/mol.